The number of urea groups is 1. The molecule has 0 spiro atoms. The molecule has 0 aromatic heterocycles. The van der Waals surface area contributed by atoms with E-state index in [4.69, 9.17) is 5.11 Å². The van der Waals surface area contributed by atoms with Crippen molar-refractivity contribution in [2.75, 3.05) is 13.1 Å². The van der Waals surface area contributed by atoms with Gasteiger partial charge in [0.2, 0.25) is 0 Å². The van der Waals surface area contributed by atoms with Crippen molar-refractivity contribution in [1.29, 1.82) is 0 Å². The first-order valence-corrected chi connectivity index (χ1v) is 4.32. The minimum atomic E-state index is -0.926. The number of hydrogen-bond donors (Lipinski definition) is 3. The normalized spacial score (nSPS) is 11.6. The van der Waals surface area contributed by atoms with Crippen LogP contribution < -0.4 is 10.6 Å². The number of aliphatic carboxylic acids is 1. The molecule has 3 N–H and O–H groups in total. The van der Waals surface area contributed by atoms with Gasteiger partial charge in [0.15, 0.2) is 0 Å². The van der Waals surface area contributed by atoms with Gasteiger partial charge in [-0.2, -0.15) is 0 Å². The van der Waals surface area contributed by atoms with Gasteiger partial charge >= 0.3 is 12.0 Å². The first kappa shape index (κ1) is 12.5. The number of carboxylic acids is 1. The van der Waals surface area contributed by atoms with E-state index in [0.29, 0.717) is 6.54 Å². The van der Waals surface area contributed by atoms with Crippen LogP contribution >= 0.6 is 0 Å². The molecule has 0 bridgehead atoms. The summed E-state index contributed by atoms with van der Waals surface area (Å²) in [5.41, 5.74) is 0.839. The summed E-state index contributed by atoms with van der Waals surface area (Å²) in [6.45, 7) is 7.45. The van der Waals surface area contributed by atoms with Crippen LogP contribution in [-0.4, -0.2) is 30.2 Å². The lowest BCUT2D eigenvalue weighted by Crippen LogP contribution is -2.39. The fourth-order valence-electron chi connectivity index (χ4n) is 0.627. The van der Waals surface area contributed by atoms with Gasteiger partial charge < -0.3 is 15.7 Å². The third-order valence-corrected chi connectivity index (χ3v) is 1.54. The first-order chi connectivity index (χ1) is 6.43. The molecule has 5 heteroatoms. The second kappa shape index (κ2) is 6.01. The summed E-state index contributed by atoms with van der Waals surface area (Å²) < 4.78 is 0. The molecule has 80 valence electrons. The number of hydrogen-bond acceptors (Lipinski definition) is 2. The van der Waals surface area contributed by atoms with E-state index in [9.17, 15) is 9.59 Å². The van der Waals surface area contributed by atoms with E-state index in [2.05, 4.69) is 17.2 Å². The van der Waals surface area contributed by atoms with Crippen LogP contribution in [0.15, 0.2) is 12.2 Å². The monoisotopic (exact) mass is 200 g/mol. The molecule has 0 heterocycles. The third-order valence-electron chi connectivity index (χ3n) is 1.54. The highest BCUT2D eigenvalue weighted by Crippen LogP contribution is 1.91. The molecule has 0 radical (unpaired) electrons. The van der Waals surface area contributed by atoms with Gasteiger partial charge in [0, 0.05) is 13.1 Å². The third kappa shape index (κ3) is 6.05. The van der Waals surface area contributed by atoms with Crippen molar-refractivity contribution in [3.8, 4) is 0 Å². The molecule has 0 aromatic carbocycles. The van der Waals surface area contributed by atoms with Crippen LogP contribution in [0.2, 0.25) is 0 Å². The quantitative estimate of drug-likeness (QED) is 0.568. The van der Waals surface area contributed by atoms with Crippen LogP contribution in [0.1, 0.15) is 13.8 Å². The first-order valence-electron chi connectivity index (χ1n) is 4.32. The smallest absolute Gasteiger partial charge is 0.315 e. The van der Waals surface area contributed by atoms with Gasteiger partial charge in [0.05, 0.1) is 5.92 Å². The lowest BCUT2D eigenvalue weighted by molar-refractivity contribution is -0.140. The van der Waals surface area contributed by atoms with Gasteiger partial charge in [-0.3, -0.25) is 4.79 Å². The number of carbonyl (C=O) groups is 2. The van der Waals surface area contributed by atoms with E-state index >= 15 is 0 Å². The average Bonchev–Trinajstić information content (AvgIpc) is 2.10. The maximum absolute atomic E-state index is 11.0. The zero-order chi connectivity index (χ0) is 11.1. The van der Waals surface area contributed by atoms with Crippen molar-refractivity contribution in [2.45, 2.75) is 13.8 Å². The van der Waals surface area contributed by atoms with Gasteiger partial charge in [0.1, 0.15) is 0 Å². The Bertz CT molecular complexity index is 238. The molecule has 0 aromatic rings. The fraction of sp³-hybridized carbons (Fsp3) is 0.556. The number of carbonyl (C=O) groups excluding carboxylic acids is 1. The number of rotatable bonds is 5. The highest BCUT2D eigenvalue weighted by molar-refractivity contribution is 5.75. The van der Waals surface area contributed by atoms with E-state index in [1.165, 1.54) is 6.92 Å². The molecule has 2 amide bonds. The highest BCUT2D eigenvalue weighted by atomic mass is 16.4. The molecular formula is C9H16N2O3. The van der Waals surface area contributed by atoms with Gasteiger partial charge in [0.25, 0.3) is 0 Å². The molecule has 0 aliphatic heterocycles. The maximum Gasteiger partial charge on any atom is 0.315 e. The molecular weight excluding hydrogens is 184 g/mol. The Kier molecular flexibility index (Phi) is 5.36. The largest absolute Gasteiger partial charge is 0.481 e. The maximum atomic E-state index is 11.0. The van der Waals surface area contributed by atoms with Gasteiger partial charge in [-0.25, -0.2) is 4.79 Å². The van der Waals surface area contributed by atoms with E-state index < -0.39 is 11.9 Å². The summed E-state index contributed by atoms with van der Waals surface area (Å²) in [5.74, 6) is -1.50. The van der Waals surface area contributed by atoms with Crippen molar-refractivity contribution in [3.63, 3.8) is 0 Å². The van der Waals surface area contributed by atoms with Crippen LogP contribution in [0.3, 0.4) is 0 Å². The zero-order valence-corrected chi connectivity index (χ0v) is 8.46. The van der Waals surface area contributed by atoms with E-state index in [1.54, 1.807) is 6.92 Å². The lowest BCUT2D eigenvalue weighted by Gasteiger charge is -2.09. The molecule has 14 heavy (non-hydrogen) atoms. The van der Waals surface area contributed by atoms with Crippen molar-refractivity contribution in [3.05, 3.63) is 12.2 Å². The molecule has 1 atom stereocenters. The number of nitrogens with one attached hydrogen (secondary N) is 2. The minimum absolute atomic E-state index is 0.122. The molecule has 0 aliphatic rings. The molecule has 0 saturated heterocycles. The molecule has 0 saturated carbocycles. The van der Waals surface area contributed by atoms with Crippen LogP contribution in [0.4, 0.5) is 4.79 Å². The van der Waals surface area contributed by atoms with E-state index in [0.717, 1.165) is 5.57 Å². The lowest BCUT2D eigenvalue weighted by atomic mass is 10.2. The van der Waals surface area contributed by atoms with Crippen LogP contribution in [0.5, 0.6) is 0 Å². The standard InChI is InChI=1S/C9H16N2O3/c1-6(2)4-10-9(14)11-5-7(3)8(12)13/h7H,1,4-5H2,2-3H3,(H,12,13)(H2,10,11,14). The average molecular weight is 200 g/mol. The second-order valence-corrected chi connectivity index (χ2v) is 3.26. The summed E-state index contributed by atoms with van der Waals surface area (Å²) in [5, 5.41) is 13.5. The summed E-state index contributed by atoms with van der Waals surface area (Å²) in [6.07, 6.45) is 0. The van der Waals surface area contributed by atoms with Crippen molar-refractivity contribution in [2.24, 2.45) is 5.92 Å². The molecule has 0 fully saturated rings. The van der Waals surface area contributed by atoms with Crippen molar-refractivity contribution >= 4 is 12.0 Å². The van der Waals surface area contributed by atoms with Crippen LogP contribution in [0.25, 0.3) is 0 Å². The fourth-order valence-corrected chi connectivity index (χ4v) is 0.627. The van der Waals surface area contributed by atoms with E-state index in [-0.39, 0.29) is 12.6 Å². The Labute approximate surface area is 83.2 Å². The van der Waals surface area contributed by atoms with Gasteiger partial charge in [-0.1, -0.05) is 19.1 Å². The molecule has 0 rings (SSSR count). The Balaban J connectivity index is 3.64. The summed E-state index contributed by atoms with van der Waals surface area (Å²) >= 11 is 0. The topological polar surface area (TPSA) is 78.4 Å². The Hall–Kier alpha value is -1.52. The summed E-state index contributed by atoms with van der Waals surface area (Å²) in [6, 6.07) is -0.374. The second-order valence-electron chi connectivity index (χ2n) is 3.26. The summed E-state index contributed by atoms with van der Waals surface area (Å²) in [4.78, 5) is 21.4. The van der Waals surface area contributed by atoms with Gasteiger partial charge in [-0.05, 0) is 6.92 Å². The highest BCUT2D eigenvalue weighted by Gasteiger charge is 2.11. The molecule has 0 aliphatic carbocycles. The molecule has 5 nitrogen and oxygen atoms in total. The SMILES string of the molecule is C=C(C)CNC(=O)NCC(C)C(=O)O. The van der Waals surface area contributed by atoms with Crippen LogP contribution in [-0.2, 0) is 4.79 Å². The molecule has 1 unspecified atom stereocenters. The Morgan fingerprint density at radius 1 is 1.43 bits per heavy atom. The Morgan fingerprint density at radius 3 is 2.43 bits per heavy atom. The van der Waals surface area contributed by atoms with Crippen LogP contribution in [0, 0.1) is 5.92 Å². The number of amides is 2. The summed E-state index contributed by atoms with van der Waals surface area (Å²) in [7, 11) is 0. The Morgan fingerprint density at radius 2 is 2.00 bits per heavy atom. The van der Waals surface area contributed by atoms with E-state index in [1.807, 2.05) is 0 Å². The number of carboxylic acid groups (broad SMARTS) is 1. The van der Waals surface area contributed by atoms with Crippen molar-refractivity contribution in [1.82, 2.24) is 10.6 Å². The zero-order valence-electron chi connectivity index (χ0n) is 8.46. The van der Waals surface area contributed by atoms with Gasteiger partial charge in [-0.15, -0.1) is 0 Å². The minimum Gasteiger partial charge on any atom is -0.481 e. The van der Waals surface area contributed by atoms with Crippen molar-refractivity contribution < 1.29 is 14.7 Å². The predicted octanol–water partition coefficient (Wildman–Crippen LogP) is 0.582. The predicted molar refractivity (Wildman–Crippen MR) is 53.0 cm³/mol.